The summed E-state index contributed by atoms with van der Waals surface area (Å²) in [5, 5.41) is 2.36. The summed E-state index contributed by atoms with van der Waals surface area (Å²) in [6, 6.07) is 10.6. The SMILES string of the molecule is CCCCCCCCCCP(C(=C=O)CCCCCCCCC=C=O)c1ccccc1. The van der Waals surface area contributed by atoms with Gasteiger partial charge < -0.3 is 0 Å². The predicted octanol–water partition coefficient (Wildman–Crippen LogP) is 8.16. The number of hydrogen-bond donors (Lipinski definition) is 0. The molecule has 0 saturated heterocycles. The molecule has 3 heteroatoms. The fourth-order valence-corrected chi connectivity index (χ4v) is 6.43. The Hall–Kier alpha value is -1.45. The fourth-order valence-electron chi connectivity index (χ4n) is 3.98. The van der Waals surface area contributed by atoms with Crippen molar-refractivity contribution < 1.29 is 9.59 Å². The van der Waals surface area contributed by atoms with Crippen molar-refractivity contribution in [2.24, 2.45) is 0 Å². The summed E-state index contributed by atoms with van der Waals surface area (Å²) in [7, 11) is -0.532. The molecule has 1 unspecified atom stereocenters. The van der Waals surface area contributed by atoms with Gasteiger partial charge in [0.2, 0.25) is 0 Å². The van der Waals surface area contributed by atoms with Crippen molar-refractivity contribution in [1.29, 1.82) is 0 Å². The molecule has 0 aliphatic carbocycles. The van der Waals surface area contributed by atoms with Gasteiger partial charge in [-0.1, -0.05) is 108 Å². The number of benzene rings is 1. The summed E-state index contributed by atoms with van der Waals surface area (Å²) >= 11 is 0. The van der Waals surface area contributed by atoms with Crippen molar-refractivity contribution in [3.8, 4) is 0 Å². The molecule has 0 fully saturated rings. The zero-order chi connectivity index (χ0) is 22.4. The fraction of sp³-hybridized carbons (Fsp3) is 0.643. The molecule has 1 atom stereocenters. The van der Waals surface area contributed by atoms with Crippen LogP contribution < -0.4 is 5.30 Å². The Bertz CT molecular complexity index is 642. The van der Waals surface area contributed by atoms with E-state index in [1.165, 1.54) is 82.4 Å². The van der Waals surface area contributed by atoms with Crippen LogP contribution in [0.15, 0.2) is 41.7 Å². The molecule has 0 heterocycles. The Morgan fingerprint density at radius 1 is 0.774 bits per heavy atom. The first kappa shape index (κ1) is 27.6. The third-order valence-electron chi connectivity index (χ3n) is 5.84. The third kappa shape index (κ3) is 14.3. The van der Waals surface area contributed by atoms with Gasteiger partial charge in [0.1, 0.15) is 11.9 Å². The van der Waals surface area contributed by atoms with Crippen LogP contribution in [0.2, 0.25) is 0 Å². The summed E-state index contributed by atoms with van der Waals surface area (Å²) in [6.45, 7) is 2.26. The predicted molar refractivity (Wildman–Crippen MR) is 137 cm³/mol. The van der Waals surface area contributed by atoms with Gasteiger partial charge >= 0.3 is 0 Å². The molecular weight excluding hydrogens is 399 g/mol. The molecule has 2 nitrogen and oxygen atoms in total. The van der Waals surface area contributed by atoms with Gasteiger partial charge in [-0.05, 0) is 57.6 Å². The van der Waals surface area contributed by atoms with Gasteiger partial charge in [0.25, 0.3) is 0 Å². The van der Waals surface area contributed by atoms with Gasteiger partial charge in [-0.2, -0.15) is 0 Å². The van der Waals surface area contributed by atoms with Crippen molar-refractivity contribution in [2.45, 2.75) is 110 Å². The van der Waals surface area contributed by atoms with Crippen LogP contribution in [-0.4, -0.2) is 18.0 Å². The molecule has 0 saturated carbocycles. The molecule has 0 amide bonds. The summed E-state index contributed by atoms with van der Waals surface area (Å²) in [6.07, 6.45) is 22.0. The highest BCUT2D eigenvalue weighted by Gasteiger charge is 2.17. The van der Waals surface area contributed by atoms with Gasteiger partial charge in [0, 0.05) is 5.31 Å². The molecule has 172 valence electrons. The number of unbranched alkanes of at least 4 members (excludes halogenated alkanes) is 13. The van der Waals surface area contributed by atoms with E-state index < -0.39 is 7.92 Å². The van der Waals surface area contributed by atoms with Crippen molar-refractivity contribution >= 4 is 25.1 Å². The Morgan fingerprint density at radius 2 is 1.35 bits per heavy atom. The number of rotatable bonds is 20. The van der Waals surface area contributed by atoms with Gasteiger partial charge in [-0.15, -0.1) is 0 Å². The van der Waals surface area contributed by atoms with Crippen molar-refractivity contribution in [3.05, 3.63) is 41.7 Å². The summed E-state index contributed by atoms with van der Waals surface area (Å²) in [5.41, 5.74) is 0. The van der Waals surface area contributed by atoms with E-state index in [0.717, 1.165) is 37.2 Å². The second kappa shape index (κ2) is 20.5. The molecular formula is C28H43O2P. The number of hydrogen-bond acceptors (Lipinski definition) is 2. The van der Waals surface area contributed by atoms with Gasteiger partial charge in [0.05, 0.1) is 0 Å². The second-order valence-electron chi connectivity index (χ2n) is 8.49. The maximum Gasteiger partial charge on any atom is 0.128 e. The molecule has 1 rings (SSSR count). The Balaban J connectivity index is 2.38. The zero-order valence-electron chi connectivity index (χ0n) is 19.7. The lowest BCUT2D eigenvalue weighted by molar-refractivity contribution is 0.563. The van der Waals surface area contributed by atoms with E-state index in [4.69, 9.17) is 0 Å². The maximum absolute atomic E-state index is 11.8. The van der Waals surface area contributed by atoms with E-state index in [-0.39, 0.29) is 0 Å². The largest absolute Gasteiger partial charge is 0.234 e. The molecule has 0 aliphatic rings. The molecule has 1 aromatic carbocycles. The molecule has 0 aromatic heterocycles. The quantitative estimate of drug-likeness (QED) is 0.116. The molecule has 0 bridgehead atoms. The van der Waals surface area contributed by atoms with E-state index in [0.29, 0.717) is 0 Å². The van der Waals surface area contributed by atoms with Crippen LogP contribution in [0.3, 0.4) is 0 Å². The molecule has 0 spiro atoms. The van der Waals surface area contributed by atoms with Gasteiger partial charge in [-0.3, -0.25) is 0 Å². The van der Waals surface area contributed by atoms with Gasteiger partial charge in [0.15, 0.2) is 0 Å². The topological polar surface area (TPSA) is 34.1 Å². The summed E-state index contributed by atoms with van der Waals surface area (Å²) in [5.74, 6) is 4.20. The third-order valence-corrected chi connectivity index (χ3v) is 8.49. The lowest BCUT2D eigenvalue weighted by atomic mass is 10.1. The van der Waals surface area contributed by atoms with Crippen molar-refractivity contribution in [2.75, 3.05) is 6.16 Å². The van der Waals surface area contributed by atoms with E-state index in [2.05, 4.69) is 43.2 Å². The smallest absolute Gasteiger partial charge is 0.128 e. The second-order valence-corrected chi connectivity index (χ2v) is 10.9. The number of allylic oxidation sites excluding steroid dienone is 2. The van der Waals surface area contributed by atoms with Crippen LogP contribution >= 0.6 is 7.92 Å². The Morgan fingerprint density at radius 3 is 1.97 bits per heavy atom. The highest BCUT2D eigenvalue weighted by Crippen LogP contribution is 2.45. The van der Waals surface area contributed by atoms with E-state index in [1.807, 2.05) is 5.94 Å². The highest BCUT2D eigenvalue weighted by atomic mass is 31.1. The van der Waals surface area contributed by atoms with Crippen molar-refractivity contribution in [3.63, 3.8) is 0 Å². The first-order chi connectivity index (χ1) is 15.3. The zero-order valence-corrected chi connectivity index (χ0v) is 20.6. The van der Waals surface area contributed by atoms with Crippen LogP contribution in [0.25, 0.3) is 0 Å². The first-order valence-electron chi connectivity index (χ1n) is 12.6. The Kier molecular flexibility index (Phi) is 18.2. The molecule has 31 heavy (non-hydrogen) atoms. The standard InChI is InChI=1S/C28H43O2P/c1-2-3-4-5-6-11-14-20-25-31(27-21-17-15-18-22-27)28(26-30)23-16-12-9-7-8-10-13-19-24-29/h15,17-19,21-22H,2-14,16,20,23,25H2,1H3. The normalized spacial score (nSPS) is 11.5. The monoisotopic (exact) mass is 442 g/mol. The van der Waals surface area contributed by atoms with E-state index in [9.17, 15) is 9.59 Å². The molecule has 0 radical (unpaired) electrons. The molecule has 0 N–H and O–H groups in total. The average molecular weight is 443 g/mol. The Labute approximate surface area is 192 Å². The first-order valence-corrected chi connectivity index (χ1v) is 14.1. The van der Waals surface area contributed by atoms with Crippen LogP contribution in [-0.2, 0) is 9.59 Å². The molecule has 1 aromatic rings. The summed E-state index contributed by atoms with van der Waals surface area (Å²) < 4.78 is 0. The maximum atomic E-state index is 11.8. The minimum atomic E-state index is -0.532. The van der Waals surface area contributed by atoms with Gasteiger partial charge in [-0.25, -0.2) is 9.59 Å². The minimum Gasteiger partial charge on any atom is -0.234 e. The minimum absolute atomic E-state index is 0.532. The molecule has 0 aliphatic heterocycles. The van der Waals surface area contributed by atoms with E-state index in [1.54, 1.807) is 6.08 Å². The van der Waals surface area contributed by atoms with Crippen LogP contribution in [0.4, 0.5) is 0 Å². The van der Waals surface area contributed by atoms with Crippen LogP contribution in [0, 0.1) is 0 Å². The average Bonchev–Trinajstić information content (AvgIpc) is 2.81. The number of carbonyl (C=O) groups excluding carboxylic acids is 2. The van der Waals surface area contributed by atoms with Crippen LogP contribution in [0.5, 0.6) is 0 Å². The van der Waals surface area contributed by atoms with Crippen molar-refractivity contribution in [1.82, 2.24) is 0 Å². The highest BCUT2D eigenvalue weighted by molar-refractivity contribution is 7.70. The summed E-state index contributed by atoms with van der Waals surface area (Å²) in [4.78, 5) is 22.0. The van der Waals surface area contributed by atoms with Crippen LogP contribution in [0.1, 0.15) is 110 Å². The lowest BCUT2D eigenvalue weighted by Crippen LogP contribution is -2.06. The van der Waals surface area contributed by atoms with E-state index >= 15 is 0 Å². The lowest BCUT2D eigenvalue weighted by Gasteiger charge is -2.19.